The molecule has 2 aliphatic rings. The maximum absolute atomic E-state index is 15.4. The number of hydrogen-bond donors (Lipinski definition) is 1. The van der Waals surface area contributed by atoms with Gasteiger partial charge in [-0.15, -0.1) is 0 Å². The zero-order valence-electron chi connectivity index (χ0n) is 19.8. The largest absolute Gasteiger partial charge is 0.490 e. The molecule has 1 fully saturated rings. The summed E-state index contributed by atoms with van der Waals surface area (Å²) >= 11 is 5.95. The van der Waals surface area contributed by atoms with E-state index in [1.165, 1.54) is 24.3 Å². The van der Waals surface area contributed by atoms with Gasteiger partial charge in [-0.25, -0.2) is 25.6 Å². The molecule has 0 unspecified atom stereocenters. The van der Waals surface area contributed by atoms with E-state index in [-0.39, 0.29) is 42.5 Å². The SMILES string of the molecule is CC(C)(N)CS(=O)(=O)CC[C@@H]1OCC[C@@]2(S(=O)(=O)c3ccc(Cl)cc3)c3c(F)ccc(F)c3OC[C@@H]12. The van der Waals surface area contributed by atoms with E-state index in [1.54, 1.807) is 13.8 Å². The molecule has 2 N–H and O–H groups in total. The third kappa shape index (κ3) is 4.88. The van der Waals surface area contributed by atoms with Gasteiger partial charge in [-0.05, 0) is 63.1 Å². The van der Waals surface area contributed by atoms with Gasteiger partial charge in [0, 0.05) is 23.1 Å². The average molecular weight is 564 g/mol. The van der Waals surface area contributed by atoms with E-state index in [0.29, 0.717) is 5.02 Å². The first kappa shape index (κ1) is 27.3. The lowest BCUT2D eigenvalue weighted by atomic mass is 9.75. The van der Waals surface area contributed by atoms with Crippen LogP contribution in [0.15, 0.2) is 41.3 Å². The van der Waals surface area contributed by atoms with Gasteiger partial charge in [-0.2, -0.15) is 0 Å². The van der Waals surface area contributed by atoms with Crippen molar-refractivity contribution in [1.29, 1.82) is 0 Å². The first-order valence-corrected chi connectivity index (χ1v) is 15.1. The second-order valence-electron chi connectivity index (χ2n) is 10.0. The molecule has 36 heavy (non-hydrogen) atoms. The summed E-state index contributed by atoms with van der Waals surface area (Å²) < 4.78 is 93.4. The fourth-order valence-corrected chi connectivity index (χ4v) is 9.61. The second kappa shape index (κ2) is 9.50. The van der Waals surface area contributed by atoms with E-state index < -0.39 is 64.9 Å². The van der Waals surface area contributed by atoms with Crippen LogP contribution in [0.3, 0.4) is 0 Å². The molecule has 3 atom stereocenters. The van der Waals surface area contributed by atoms with Crippen LogP contribution in [0.5, 0.6) is 5.75 Å². The van der Waals surface area contributed by atoms with Crippen molar-refractivity contribution >= 4 is 31.3 Å². The smallest absolute Gasteiger partial charge is 0.189 e. The van der Waals surface area contributed by atoms with Crippen molar-refractivity contribution < 1.29 is 35.1 Å². The molecule has 0 spiro atoms. The Morgan fingerprint density at radius 2 is 1.72 bits per heavy atom. The van der Waals surface area contributed by atoms with Gasteiger partial charge >= 0.3 is 0 Å². The van der Waals surface area contributed by atoms with E-state index in [1.807, 2.05) is 0 Å². The van der Waals surface area contributed by atoms with Crippen LogP contribution in [0.25, 0.3) is 0 Å². The fraction of sp³-hybridized carbons (Fsp3) is 0.500. The molecule has 0 radical (unpaired) electrons. The van der Waals surface area contributed by atoms with Gasteiger partial charge in [0.15, 0.2) is 31.2 Å². The van der Waals surface area contributed by atoms with Crippen molar-refractivity contribution in [3.8, 4) is 5.75 Å². The van der Waals surface area contributed by atoms with Gasteiger partial charge in [0.1, 0.15) is 10.6 Å². The first-order valence-electron chi connectivity index (χ1n) is 11.4. The van der Waals surface area contributed by atoms with E-state index in [9.17, 15) is 21.2 Å². The van der Waals surface area contributed by atoms with E-state index in [4.69, 9.17) is 26.8 Å². The molecule has 198 valence electrons. The van der Waals surface area contributed by atoms with Crippen LogP contribution in [0, 0.1) is 17.6 Å². The maximum Gasteiger partial charge on any atom is 0.189 e. The molecule has 2 aromatic carbocycles. The van der Waals surface area contributed by atoms with Crippen LogP contribution < -0.4 is 10.5 Å². The Balaban J connectivity index is 1.83. The molecule has 0 aromatic heterocycles. The molecular formula is C24H28ClF2NO6S2. The zero-order valence-corrected chi connectivity index (χ0v) is 22.2. The predicted molar refractivity (Wildman–Crippen MR) is 132 cm³/mol. The highest BCUT2D eigenvalue weighted by Crippen LogP contribution is 2.55. The Labute approximate surface area is 214 Å². The van der Waals surface area contributed by atoms with Crippen molar-refractivity contribution in [3.63, 3.8) is 0 Å². The highest BCUT2D eigenvalue weighted by Gasteiger charge is 2.61. The highest BCUT2D eigenvalue weighted by molar-refractivity contribution is 7.92. The third-order valence-corrected chi connectivity index (χ3v) is 11.5. The molecule has 12 heteroatoms. The van der Waals surface area contributed by atoms with Gasteiger partial charge in [0.2, 0.25) is 0 Å². The number of fused-ring (bicyclic) bond motifs is 3. The van der Waals surface area contributed by atoms with E-state index in [2.05, 4.69) is 0 Å². The zero-order chi connectivity index (χ0) is 26.5. The lowest BCUT2D eigenvalue weighted by Gasteiger charge is -2.50. The van der Waals surface area contributed by atoms with Crippen molar-refractivity contribution in [2.45, 2.75) is 48.0 Å². The topological polar surface area (TPSA) is 113 Å². The standard InChI is InChI=1S/C24H28ClF2NO6S2/c1-23(2,28)14-35(29,30)12-9-20-17-13-34-22-19(27)8-7-18(26)21(22)24(17,10-11-33-20)36(31,32)16-5-3-15(25)4-6-16/h3-8,17,20H,9-14,28H2,1-2H3/t17-,20-,24-/m0/s1. The minimum Gasteiger partial charge on any atom is -0.490 e. The maximum atomic E-state index is 15.4. The van der Waals surface area contributed by atoms with Crippen LogP contribution in [-0.2, 0) is 29.2 Å². The van der Waals surface area contributed by atoms with Crippen LogP contribution in [0.4, 0.5) is 8.78 Å². The third-order valence-electron chi connectivity index (χ3n) is 6.65. The van der Waals surface area contributed by atoms with Gasteiger partial charge < -0.3 is 15.2 Å². The second-order valence-corrected chi connectivity index (χ2v) is 14.9. The van der Waals surface area contributed by atoms with E-state index >= 15 is 4.39 Å². The molecule has 0 saturated carbocycles. The highest BCUT2D eigenvalue weighted by atomic mass is 35.5. The summed E-state index contributed by atoms with van der Waals surface area (Å²) in [5.41, 5.74) is 4.52. The Bertz CT molecular complexity index is 1360. The van der Waals surface area contributed by atoms with Crippen LogP contribution in [-0.4, -0.2) is 53.2 Å². The summed E-state index contributed by atoms with van der Waals surface area (Å²) in [5, 5.41) is 0.311. The van der Waals surface area contributed by atoms with Crippen molar-refractivity contribution in [3.05, 3.63) is 58.6 Å². The Kier molecular flexibility index (Phi) is 7.19. The molecule has 7 nitrogen and oxygen atoms in total. The van der Waals surface area contributed by atoms with Crippen LogP contribution in [0.1, 0.15) is 32.3 Å². The average Bonchev–Trinajstić information content (AvgIpc) is 2.78. The molecular weight excluding hydrogens is 536 g/mol. The van der Waals surface area contributed by atoms with Gasteiger partial charge in [-0.3, -0.25) is 0 Å². The first-order chi connectivity index (χ1) is 16.7. The predicted octanol–water partition coefficient (Wildman–Crippen LogP) is 3.63. The van der Waals surface area contributed by atoms with Crippen LogP contribution >= 0.6 is 11.6 Å². The van der Waals surface area contributed by atoms with Crippen molar-refractivity contribution in [1.82, 2.24) is 0 Å². The summed E-state index contributed by atoms with van der Waals surface area (Å²) in [5.74, 6) is -3.85. The molecule has 2 aromatic rings. The number of benzene rings is 2. The number of sulfone groups is 2. The monoisotopic (exact) mass is 563 g/mol. The number of nitrogens with two attached hydrogens (primary N) is 1. The summed E-state index contributed by atoms with van der Waals surface area (Å²) in [7, 11) is -7.97. The van der Waals surface area contributed by atoms with E-state index in [0.717, 1.165) is 12.1 Å². The molecule has 2 heterocycles. The molecule has 0 bridgehead atoms. The summed E-state index contributed by atoms with van der Waals surface area (Å²) in [6, 6.07) is 7.19. The number of halogens is 3. The number of hydrogen-bond acceptors (Lipinski definition) is 7. The van der Waals surface area contributed by atoms with Crippen molar-refractivity contribution in [2.75, 3.05) is 24.7 Å². The van der Waals surface area contributed by atoms with Gasteiger partial charge in [0.25, 0.3) is 0 Å². The van der Waals surface area contributed by atoms with Gasteiger partial charge in [-0.1, -0.05) is 11.6 Å². The minimum absolute atomic E-state index is 0.0589. The van der Waals surface area contributed by atoms with Crippen LogP contribution in [0.2, 0.25) is 5.02 Å². The summed E-state index contributed by atoms with van der Waals surface area (Å²) in [6.45, 7) is 2.78. The number of rotatable bonds is 7. The fourth-order valence-electron chi connectivity index (χ4n) is 5.27. The summed E-state index contributed by atoms with van der Waals surface area (Å²) in [6.07, 6.45) is -1.14. The quantitative estimate of drug-likeness (QED) is 0.547. The minimum atomic E-state index is -4.36. The molecule has 2 aliphatic heterocycles. The Morgan fingerprint density at radius 3 is 2.36 bits per heavy atom. The molecule has 1 saturated heterocycles. The van der Waals surface area contributed by atoms with Crippen molar-refractivity contribution in [2.24, 2.45) is 11.7 Å². The lowest BCUT2D eigenvalue weighted by molar-refractivity contribution is -0.0732. The Hall–Kier alpha value is -1.79. The number of ether oxygens (including phenoxy) is 2. The van der Waals surface area contributed by atoms with Gasteiger partial charge in [0.05, 0.1) is 34.7 Å². The normalized spacial score (nSPS) is 24.5. The Morgan fingerprint density at radius 1 is 1.08 bits per heavy atom. The molecule has 0 aliphatic carbocycles. The summed E-state index contributed by atoms with van der Waals surface area (Å²) in [4.78, 5) is -0.119. The molecule has 0 amide bonds. The molecule has 4 rings (SSSR count). The lowest BCUT2D eigenvalue weighted by Crippen LogP contribution is -2.57.